The number of phosphoric acid groups is 2. The Morgan fingerprint density at radius 3 is 2.23 bits per heavy atom. The summed E-state index contributed by atoms with van der Waals surface area (Å²) in [5, 5.41) is 0. The van der Waals surface area contributed by atoms with E-state index < -0.39 is 15.6 Å². The lowest BCUT2D eigenvalue weighted by atomic mass is 10.6. The van der Waals surface area contributed by atoms with Crippen LogP contribution in [0.1, 0.15) is 6.92 Å². The van der Waals surface area contributed by atoms with Gasteiger partial charge in [0, 0.05) is 0 Å². The van der Waals surface area contributed by atoms with Gasteiger partial charge in [0.2, 0.25) is 0 Å². The monoisotopic (exact) mass is 232 g/mol. The molecule has 1 unspecified atom stereocenters. The molecule has 3 N–H and O–H groups in total. The highest BCUT2D eigenvalue weighted by Crippen LogP contribution is 2.57. The van der Waals surface area contributed by atoms with Crippen LogP contribution in [0.4, 0.5) is 0 Å². The Bertz CT molecular complexity index is 266. The fourth-order valence-corrected chi connectivity index (χ4v) is 1.93. The molecule has 7 nitrogen and oxygen atoms in total. The van der Waals surface area contributed by atoms with Gasteiger partial charge in [0.25, 0.3) is 0 Å². The van der Waals surface area contributed by atoms with Gasteiger partial charge in [-0.2, -0.15) is 4.31 Å². The van der Waals surface area contributed by atoms with Gasteiger partial charge >= 0.3 is 15.6 Å². The fourth-order valence-electron chi connectivity index (χ4n) is 0.391. The van der Waals surface area contributed by atoms with E-state index in [0.717, 1.165) is 0 Å². The molecule has 78 valence electrons. The minimum atomic E-state index is -5.00. The molecule has 0 saturated carbocycles. The van der Waals surface area contributed by atoms with E-state index in [4.69, 9.17) is 14.7 Å². The lowest BCUT2D eigenvalue weighted by molar-refractivity contribution is 0.191. The summed E-state index contributed by atoms with van der Waals surface area (Å²) in [6, 6.07) is 0. The fraction of sp³-hybridized carbons (Fsp3) is 0.500. The number of phosphoric ester groups is 1. The highest BCUT2D eigenvalue weighted by molar-refractivity contribution is 7.60. The van der Waals surface area contributed by atoms with Crippen molar-refractivity contribution in [1.82, 2.24) is 0 Å². The molecule has 0 heterocycles. The van der Waals surface area contributed by atoms with Gasteiger partial charge in [-0.1, -0.05) is 12.2 Å². The zero-order chi connectivity index (χ0) is 10.5. The Balaban J connectivity index is 4.10. The maximum atomic E-state index is 10.7. The van der Waals surface area contributed by atoms with Crippen LogP contribution in [0.5, 0.6) is 0 Å². The molecule has 0 aromatic rings. The van der Waals surface area contributed by atoms with Crippen molar-refractivity contribution >= 4 is 15.6 Å². The van der Waals surface area contributed by atoms with E-state index >= 15 is 0 Å². The molecular formula is C4H10O7P2. The minimum absolute atomic E-state index is 0.260. The van der Waals surface area contributed by atoms with Crippen molar-refractivity contribution < 1.29 is 32.6 Å². The second kappa shape index (κ2) is 5.02. The summed E-state index contributed by atoms with van der Waals surface area (Å²) in [6.45, 7) is 1.39. The normalized spacial score (nSPS) is 17.5. The van der Waals surface area contributed by atoms with Crippen LogP contribution < -0.4 is 0 Å². The highest BCUT2D eigenvalue weighted by Gasteiger charge is 2.31. The topological polar surface area (TPSA) is 113 Å². The SMILES string of the molecule is C/C=C\COP(=O)(O)OP(=O)(O)O. The number of allylic oxidation sites excluding steroid dienone is 1. The van der Waals surface area contributed by atoms with E-state index in [0.29, 0.717) is 0 Å². The van der Waals surface area contributed by atoms with Crippen molar-refractivity contribution in [2.45, 2.75) is 6.92 Å². The lowest BCUT2D eigenvalue weighted by Crippen LogP contribution is -1.93. The molecule has 0 amide bonds. The first kappa shape index (κ1) is 13.0. The first-order valence-electron chi connectivity index (χ1n) is 3.12. The van der Waals surface area contributed by atoms with Crippen LogP contribution in [0, 0.1) is 0 Å². The van der Waals surface area contributed by atoms with Gasteiger partial charge in [-0.05, 0) is 6.92 Å². The quantitative estimate of drug-likeness (QED) is 0.474. The molecule has 0 aliphatic heterocycles. The third-order valence-corrected chi connectivity index (χ3v) is 2.93. The predicted molar refractivity (Wildman–Crippen MR) is 43.7 cm³/mol. The van der Waals surface area contributed by atoms with Gasteiger partial charge in [-0.15, -0.1) is 0 Å². The zero-order valence-corrected chi connectivity index (χ0v) is 8.52. The van der Waals surface area contributed by atoms with E-state index in [1.165, 1.54) is 12.2 Å². The first-order valence-corrected chi connectivity index (χ1v) is 6.15. The number of hydrogen-bond donors (Lipinski definition) is 3. The molecule has 0 aliphatic rings. The van der Waals surface area contributed by atoms with Gasteiger partial charge < -0.3 is 14.7 Å². The molecule has 0 rings (SSSR count). The van der Waals surface area contributed by atoms with E-state index in [1.54, 1.807) is 6.92 Å². The minimum Gasteiger partial charge on any atom is -0.302 e. The van der Waals surface area contributed by atoms with Crippen LogP contribution in [-0.4, -0.2) is 21.3 Å². The van der Waals surface area contributed by atoms with Gasteiger partial charge in [0.05, 0.1) is 6.61 Å². The van der Waals surface area contributed by atoms with Crippen LogP contribution in [0.15, 0.2) is 12.2 Å². The van der Waals surface area contributed by atoms with Crippen molar-refractivity contribution in [2.24, 2.45) is 0 Å². The molecule has 0 spiro atoms. The van der Waals surface area contributed by atoms with Gasteiger partial charge in [-0.3, -0.25) is 4.52 Å². The summed E-state index contributed by atoms with van der Waals surface area (Å²) < 4.78 is 28.5. The Morgan fingerprint density at radius 1 is 1.31 bits per heavy atom. The second-order valence-electron chi connectivity index (χ2n) is 1.91. The van der Waals surface area contributed by atoms with Crippen LogP contribution in [-0.2, 0) is 18.0 Å². The zero-order valence-electron chi connectivity index (χ0n) is 6.73. The predicted octanol–water partition coefficient (Wildman–Crippen LogP) is 0.789. The maximum Gasteiger partial charge on any atom is 0.481 e. The molecule has 0 aromatic carbocycles. The Morgan fingerprint density at radius 2 is 1.85 bits per heavy atom. The highest BCUT2D eigenvalue weighted by atomic mass is 31.3. The van der Waals surface area contributed by atoms with Crippen LogP contribution in [0.25, 0.3) is 0 Å². The van der Waals surface area contributed by atoms with Crippen molar-refractivity contribution in [3.8, 4) is 0 Å². The van der Waals surface area contributed by atoms with Crippen LogP contribution in [0.2, 0.25) is 0 Å². The molecule has 13 heavy (non-hydrogen) atoms. The molecule has 0 fully saturated rings. The summed E-state index contributed by atoms with van der Waals surface area (Å²) in [7, 11) is -9.66. The average molecular weight is 232 g/mol. The van der Waals surface area contributed by atoms with Gasteiger partial charge in [0.15, 0.2) is 0 Å². The lowest BCUT2D eigenvalue weighted by Gasteiger charge is -2.10. The second-order valence-corrected chi connectivity index (χ2v) is 4.74. The molecule has 0 radical (unpaired) electrons. The summed E-state index contributed by atoms with van der Waals surface area (Å²) >= 11 is 0. The molecular weight excluding hydrogens is 222 g/mol. The molecule has 1 atom stereocenters. The molecule has 0 saturated heterocycles. The van der Waals surface area contributed by atoms with E-state index in [2.05, 4.69) is 8.83 Å². The Kier molecular flexibility index (Phi) is 5.02. The smallest absolute Gasteiger partial charge is 0.302 e. The average Bonchev–Trinajstić information content (AvgIpc) is 1.81. The molecule has 0 aliphatic carbocycles. The number of hydrogen-bond acceptors (Lipinski definition) is 4. The van der Waals surface area contributed by atoms with Gasteiger partial charge in [-0.25, -0.2) is 9.13 Å². The number of rotatable bonds is 5. The van der Waals surface area contributed by atoms with E-state index in [1.807, 2.05) is 0 Å². The van der Waals surface area contributed by atoms with Crippen LogP contribution >= 0.6 is 15.6 Å². The maximum absolute atomic E-state index is 10.7. The van der Waals surface area contributed by atoms with Crippen molar-refractivity contribution in [3.05, 3.63) is 12.2 Å². The van der Waals surface area contributed by atoms with E-state index in [9.17, 15) is 9.13 Å². The summed E-state index contributed by atoms with van der Waals surface area (Å²) in [4.78, 5) is 25.0. The van der Waals surface area contributed by atoms with Crippen molar-refractivity contribution in [2.75, 3.05) is 6.61 Å². The summed E-state index contributed by atoms with van der Waals surface area (Å²) in [5.41, 5.74) is 0. The first-order chi connectivity index (χ1) is 5.77. The Hall–Kier alpha value is -0.0000000000000000416. The molecule has 9 heteroatoms. The van der Waals surface area contributed by atoms with Crippen molar-refractivity contribution in [3.63, 3.8) is 0 Å². The van der Waals surface area contributed by atoms with Crippen LogP contribution in [0.3, 0.4) is 0 Å². The third kappa shape index (κ3) is 8.33. The largest absolute Gasteiger partial charge is 0.481 e. The molecule has 0 aromatic heterocycles. The Labute approximate surface area is 74.9 Å². The van der Waals surface area contributed by atoms with Gasteiger partial charge in [0.1, 0.15) is 0 Å². The van der Waals surface area contributed by atoms with Crippen molar-refractivity contribution in [1.29, 1.82) is 0 Å². The van der Waals surface area contributed by atoms with E-state index in [-0.39, 0.29) is 6.61 Å². The molecule has 0 bridgehead atoms. The third-order valence-electron chi connectivity index (χ3n) is 0.779. The standard InChI is InChI=1S/C4H10O7P2/c1-2-3-4-10-13(8,9)11-12(5,6)7/h2-3H,4H2,1H3,(H,8,9)(H2,5,6,7)/b3-2-. The summed E-state index contributed by atoms with van der Waals surface area (Å²) in [5.74, 6) is 0. The summed E-state index contributed by atoms with van der Waals surface area (Å²) in [6.07, 6.45) is 2.92.